The molecule has 2 fully saturated rings. The highest BCUT2D eigenvalue weighted by atomic mass is 32.2. The van der Waals surface area contributed by atoms with Crippen molar-refractivity contribution in [3.8, 4) is 5.75 Å². The van der Waals surface area contributed by atoms with Crippen LogP contribution in [0.4, 0.5) is 56.1 Å². The molecule has 67 heavy (non-hydrogen) atoms. The van der Waals surface area contributed by atoms with Crippen LogP contribution in [0.2, 0.25) is 0 Å². The molecule has 2 aromatic heterocycles. The number of urea groups is 1. The van der Waals surface area contributed by atoms with E-state index in [4.69, 9.17) is 4.74 Å². The molecule has 3 amide bonds. The summed E-state index contributed by atoms with van der Waals surface area (Å²) in [6.07, 6.45) is -1.91. The van der Waals surface area contributed by atoms with E-state index < -0.39 is 87.9 Å². The van der Waals surface area contributed by atoms with Gasteiger partial charge in [-0.1, -0.05) is 54.6 Å². The minimum absolute atomic E-state index is 0.0108. The SMILES string of the molecule is O=C(Nc1ccnnc1)N1CCC(C(F)(F)S(=O)(=O)c2ccccc2C(F)F)CC1.O=C(Nc1ccnnc1)Oc1ccccc1.O=S(=O)(c1ccccc1C(F)F)C(F)(F)C1CCNCC1. The number of sulfone groups is 2. The quantitative estimate of drug-likeness (QED) is 0.106. The normalized spacial score (nSPS) is 15.1. The highest BCUT2D eigenvalue weighted by Crippen LogP contribution is 2.44. The number of carbonyl (C=O) groups excluding carboxylic acids is 2. The van der Waals surface area contributed by atoms with E-state index in [1.54, 1.807) is 30.3 Å². The van der Waals surface area contributed by atoms with Crippen LogP contribution in [0.3, 0.4) is 0 Å². The number of likely N-dealkylation sites (tertiary alicyclic amines) is 1. The molecule has 0 aliphatic carbocycles. The number of nitrogens with one attached hydrogen (secondary N) is 3. The van der Waals surface area contributed by atoms with Gasteiger partial charge in [0.25, 0.3) is 12.9 Å². The van der Waals surface area contributed by atoms with Crippen molar-refractivity contribution in [3.05, 3.63) is 127 Å². The van der Waals surface area contributed by atoms with E-state index in [-0.39, 0.29) is 51.9 Å². The Morgan fingerprint density at radius 3 is 1.49 bits per heavy atom. The van der Waals surface area contributed by atoms with Crippen LogP contribution in [0, 0.1) is 11.8 Å². The number of amides is 3. The van der Waals surface area contributed by atoms with Crippen LogP contribution in [-0.2, 0) is 19.7 Å². The number of alkyl halides is 8. The second kappa shape index (κ2) is 22.9. The second-order valence-electron chi connectivity index (χ2n) is 14.6. The van der Waals surface area contributed by atoms with Gasteiger partial charge in [-0.3, -0.25) is 5.32 Å². The molecule has 15 nitrogen and oxygen atoms in total. The zero-order valence-corrected chi connectivity index (χ0v) is 36.5. The molecular weight excluding hydrogens is 945 g/mol. The predicted octanol–water partition coefficient (Wildman–Crippen LogP) is 8.80. The van der Waals surface area contributed by atoms with Crippen molar-refractivity contribution >= 4 is 43.2 Å². The highest BCUT2D eigenvalue weighted by molar-refractivity contribution is 7.92. The van der Waals surface area contributed by atoms with Gasteiger partial charge in [-0.2, -0.15) is 38.0 Å². The molecule has 360 valence electrons. The van der Waals surface area contributed by atoms with Crippen molar-refractivity contribution < 1.29 is 66.3 Å². The number of para-hydroxylation sites is 1. The number of piperidine rings is 2. The molecule has 2 saturated heterocycles. The minimum Gasteiger partial charge on any atom is -0.410 e. The summed E-state index contributed by atoms with van der Waals surface area (Å²) in [6.45, 7) is 0.339. The van der Waals surface area contributed by atoms with Crippen LogP contribution in [0.1, 0.15) is 49.7 Å². The summed E-state index contributed by atoms with van der Waals surface area (Å²) in [7, 11) is -10.5. The van der Waals surface area contributed by atoms with E-state index in [2.05, 4.69) is 36.3 Å². The van der Waals surface area contributed by atoms with Crippen LogP contribution in [0.15, 0.2) is 126 Å². The maximum absolute atomic E-state index is 14.9. The maximum Gasteiger partial charge on any atom is 0.417 e. The van der Waals surface area contributed by atoms with Gasteiger partial charge in [0.05, 0.1) is 46.0 Å². The first-order chi connectivity index (χ1) is 31.8. The Morgan fingerprint density at radius 2 is 1.04 bits per heavy atom. The Balaban J connectivity index is 0.000000198. The molecule has 3 aromatic carbocycles. The molecule has 0 atom stereocenters. The monoisotopic (exact) mass is 986 g/mol. The lowest BCUT2D eigenvalue weighted by Crippen LogP contribution is -2.47. The van der Waals surface area contributed by atoms with E-state index in [0.29, 0.717) is 17.1 Å². The number of hydrogen-bond acceptors (Lipinski definition) is 12. The van der Waals surface area contributed by atoms with Gasteiger partial charge in [-0.05, 0) is 75.2 Å². The fourth-order valence-corrected chi connectivity index (χ4v) is 10.2. The van der Waals surface area contributed by atoms with Gasteiger partial charge in [0.2, 0.25) is 19.7 Å². The van der Waals surface area contributed by atoms with E-state index in [0.717, 1.165) is 42.5 Å². The summed E-state index contributed by atoms with van der Waals surface area (Å²) in [4.78, 5) is 22.9. The fraction of sp³-hybridized carbons (Fsp3) is 0.333. The van der Waals surface area contributed by atoms with Gasteiger partial charge in [0.15, 0.2) is 0 Å². The number of ether oxygens (including phenoxy) is 1. The first-order valence-corrected chi connectivity index (χ1v) is 23.1. The Hall–Kier alpha value is -6.34. The first kappa shape index (κ1) is 51.6. The Bertz CT molecular complexity index is 2570. The summed E-state index contributed by atoms with van der Waals surface area (Å²) >= 11 is 0. The second-order valence-corrected chi connectivity index (χ2v) is 18.6. The Kier molecular flexibility index (Phi) is 17.7. The summed E-state index contributed by atoms with van der Waals surface area (Å²) in [5, 5.41) is 14.0. The predicted molar refractivity (Wildman–Crippen MR) is 226 cm³/mol. The minimum atomic E-state index is -5.35. The van der Waals surface area contributed by atoms with E-state index in [1.807, 2.05) is 6.07 Å². The number of rotatable bonds is 11. The molecule has 25 heteroatoms. The third kappa shape index (κ3) is 13.0. The molecule has 0 saturated carbocycles. The first-order valence-electron chi connectivity index (χ1n) is 20.1. The Labute approximate surface area is 379 Å². The standard InChI is InChI=1S/C18H18F4N4O3S.C13H15F4NO2S.C11H9N3O2/c19-16(20)14-3-1-2-4-15(14)30(28,29)18(21,22)12-6-9-26(10-7-12)17(27)25-13-5-8-23-24-11-13;14-12(15)10-3-1-2-4-11(10)21(19,20)13(16,17)9-5-7-18-8-6-9;15-11(14-9-6-7-12-13-8-9)16-10-4-2-1-3-5-10/h1-5,8,11-12,16H,6-7,9-10H2,(H,23,25,27);1-4,9,12,18H,5-8H2;1-8H,(H,12,14,15). The van der Waals surface area contributed by atoms with Crippen molar-refractivity contribution in [2.75, 3.05) is 36.8 Å². The van der Waals surface area contributed by atoms with Gasteiger partial charge >= 0.3 is 22.6 Å². The topological polar surface area (TPSA) is 203 Å². The van der Waals surface area contributed by atoms with Crippen LogP contribution in [0.5, 0.6) is 5.75 Å². The van der Waals surface area contributed by atoms with E-state index in [9.17, 15) is 61.5 Å². The van der Waals surface area contributed by atoms with E-state index in [1.165, 1.54) is 41.8 Å². The molecule has 0 spiro atoms. The van der Waals surface area contributed by atoms with Crippen LogP contribution in [-0.4, -0.2) is 90.9 Å². The average molecular weight is 987 g/mol. The number of benzene rings is 3. The smallest absolute Gasteiger partial charge is 0.410 e. The van der Waals surface area contributed by atoms with E-state index >= 15 is 0 Å². The molecule has 2 aliphatic rings. The van der Waals surface area contributed by atoms with Crippen LogP contribution >= 0.6 is 0 Å². The summed E-state index contributed by atoms with van der Waals surface area (Å²) in [5.74, 6) is -2.49. The molecule has 0 unspecified atom stereocenters. The molecule has 2 aliphatic heterocycles. The Morgan fingerprint density at radius 1 is 0.612 bits per heavy atom. The zero-order chi connectivity index (χ0) is 48.8. The molecule has 7 rings (SSSR count). The summed E-state index contributed by atoms with van der Waals surface area (Å²) in [5.41, 5.74) is -0.935. The molecule has 0 bridgehead atoms. The number of nitrogens with zero attached hydrogens (tertiary/aromatic N) is 5. The number of anilines is 2. The molecule has 3 N–H and O–H groups in total. The lowest BCUT2D eigenvalue weighted by molar-refractivity contribution is 0.000235. The van der Waals surface area contributed by atoms with Crippen molar-refractivity contribution in [1.29, 1.82) is 0 Å². The number of carbonyl (C=O) groups is 2. The van der Waals surface area contributed by atoms with Crippen molar-refractivity contribution in [2.45, 2.75) is 58.8 Å². The lowest BCUT2D eigenvalue weighted by Gasteiger charge is -2.35. The number of hydrogen-bond donors (Lipinski definition) is 3. The van der Waals surface area contributed by atoms with Gasteiger partial charge in [0.1, 0.15) is 5.75 Å². The van der Waals surface area contributed by atoms with Crippen molar-refractivity contribution in [3.63, 3.8) is 0 Å². The molecular formula is C42H42F8N8O7S2. The number of halogens is 8. The fourth-order valence-electron chi connectivity index (χ4n) is 6.79. The largest absolute Gasteiger partial charge is 0.417 e. The summed E-state index contributed by atoms with van der Waals surface area (Å²) in [6, 6.07) is 19.3. The number of aromatic nitrogens is 4. The molecule has 4 heterocycles. The third-order valence-electron chi connectivity index (χ3n) is 10.3. The molecule has 5 aromatic rings. The van der Waals surface area contributed by atoms with Gasteiger partial charge in [-0.15, -0.1) is 0 Å². The van der Waals surface area contributed by atoms with Gasteiger partial charge in [0, 0.05) is 36.1 Å². The zero-order valence-electron chi connectivity index (χ0n) is 34.9. The highest BCUT2D eigenvalue weighted by Gasteiger charge is 2.55. The maximum atomic E-state index is 14.9. The van der Waals surface area contributed by atoms with Crippen LogP contribution in [0.25, 0.3) is 0 Å². The average Bonchev–Trinajstić information content (AvgIpc) is 3.33. The summed E-state index contributed by atoms with van der Waals surface area (Å²) < 4.78 is 165. The van der Waals surface area contributed by atoms with Crippen molar-refractivity contribution in [2.24, 2.45) is 11.8 Å². The van der Waals surface area contributed by atoms with Crippen LogP contribution < -0.4 is 20.7 Å². The lowest BCUT2D eigenvalue weighted by atomic mass is 9.97. The molecule has 0 radical (unpaired) electrons. The van der Waals surface area contributed by atoms with Crippen molar-refractivity contribution in [1.82, 2.24) is 30.6 Å². The van der Waals surface area contributed by atoms with Gasteiger partial charge < -0.3 is 20.3 Å². The van der Waals surface area contributed by atoms with Gasteiger partial charge in [-0.25, -0.2) is 44.0 Å². The third-order valence-corrected chi connectivity index (χ3v) is 14.3.